The van der Waals surface area contributed by atoms with Crippen molar-refractivity contribution in [1.82, 2.24) is 4.90 Å². The Morgan fingerprint density at radius 1 is 1.52 bits per heavy atom. The van der Waals surface area contributed by atoms with Crippen LogP contribution in [-0.4, -0.2) is 41.9 Å². The van der Waals surface area contributed by atoms with E-state index in [-0.39, 0.29) is 29.4 Å². The Labute approximate surface area is 141 Å². The van der Waals surface area contributed by atoms with Crippen LogP contribution in [0.4, 0.5) is 11.4 Å². The average Bonchev–Trinajstić information content (AvgIpc) is 2.83. The van der Waals surface area contributed by atoms with Crippen LogP contribution in [-0.2, 0) is 4.79 Å². The molecule has 1 unspecified atom stereocenters. The van der Waals surface area contributed by atoms with Crippen LogP contribution in [0.3, 0.4) is 0 Å². The van der Waals surface area contributed by atoms with E-state index in [1.54, 1.807) is 13.0 Å². The molecular formula is C15H23ClN4O3. The van der Waals surface area contributed by atoms with Crippen molar-refractivity contribution in [3.05, 3.63) is 33.9 Å². The van der Waals surface area contributed by atoms with Gasteiger partial charge in [0.25, 0.3) is 5.69 Å². The van der Waals surface area contributed by atoms with Crippen LogP contribution in [0.5, 0.6) is 0 Å². The number of anilines is 1. The van der Waals surface area contributed by atoms with Crippen molar-refractivity contribution in [2.45, 2.75) is 20.3 Å². The van der Waals surface area contributed by atoms with Gasteiger partial charge in [-0.1, -0.05) is 6.92 Å². The molecule has 1 saturated heterocycles. The Balaban J connectivity index is 0.00000264. The predicted octanol–water partition coefficient (Wildman–Crippen LogP) is 1.93. The molecule has 23 heavy (non-hydrogen) atoms. The van der Waals surface area contributed by atoms with Crippen LogP contribution in [0, 0.1) is 22.5 Å². The first-order valence-electron chi connectivity index (χ1n) is 7.30. The number of carbonyl (C=O) groups is 1. The van der Waals surface area contributed by atoms with Gasteiger partial charge in [0.2, 0.25) is 5.91 Å². The summed E-state index contributed by atoms with van der Waals surface area (Å²) in [6.45, 7) is 6.48. The second-order valence-electron chi connectivity index (χ2n) is 6.28. The second kappa shape index (κ2) is 7.72. The van der Waals surface area contributed by atoms with E-state index in [4.69, 9.17) is 5.73 Å². The van der Waals surface area contributed by atoms with Crippen molar-refractivity contribution < 1.29 is 9.72 Å². The number of hydrogen-bond donors (Lipinski definition) is 2. The first-order valence-corrected chi connectivity index (χ1v) is 7.30. The molecule has 0 radical (unpaired) electrons. The summed E-state index contributed by atoms with van der Waals surface area (Å²) in [6, 6.07) is 4.42. The summed E-state index contributed by atoms with van der Waals surface area (Å²) >= 11 is 0. The topological polar surface area (TPSA) is 102 Å². The number of benzene rings is 1. The summed E-state index contributed by atoms with van der Waals surface area (Å²) in [6.07, 6.45) is 0.993. The predicted molar refractivity (Wildman–Crippen MR) is 91.9 cm³/mol. The highest BCUT2D eigenvalue weighted by Gasteiger charge is 2.33. The van der Waals surface area contributed by atoms with Crippen LogP contribution in [0.25, 0.3) is 0 Å². The van der Waals surface area contributed by atoms with E-state index >= 15 is 0 Å². The fraction of sp³-hybridized carbons (Fsp3) is 0.533. The van der Waals surface area contributed by atoms with Crippen molar-refractivity contribution in [2.24, 2.45) is 11.1 Å². The molecule has 8 heteroatoms. The molecule has 1 amide bonds. The molecule has 128 valence electrons. The van der Waals surface area contributed by atoms with E-state index in [2.05, 4.69) is 17.1 Å². The Morgan fingerprint density at radius 3 is 2.74 bits per heavy atom. The molecule has 1 aliphatic rings. The lowest BCUT2D eigenvalue weighted by Crippen LogP contribution is -2.35. The molecule has 1 fully saturated rings. The van der Waals surface area contributed by atoms with Gasteiger partial charge in [0.05, 0.1) is 11.5 Å². The summed E-state index contributed by atoms with van der Waals surface area (Å²) < 4.78 is 0. The number of non-ortho nitro benzene ring substituents is 1. The van der Waals surface area contributed by atoms with Gasteiger partial charge < -0.3 is 11.1 Å². The molecule has 0 spiro atoms. The number of aryl methyl sites for hydroxylation is 1. The lowest BCUT2D eigenvalue weighted by atomic mass is 9.90. The number of hydrogen-bond acceptors (Lipinski definition) is 5. The molecule has 1 heterocycles. The van der Waals surface area contributed by atoms with Crippen LogP contribution < -0.4 is 11.1 Å². The summed E-state index contributed by atoms with van der Waals surface area (Å²) in [7, 11) is 0. The number of halogens is 1. The van der Waals surface area contributed by atoms with Gasteiger partial charge in [0.1, 0.15) is 0 Å². The first kappa shape index (κ1) is 19.3. The molecule has 7 nitrogen and oxygen atoms in total. The van der Waals surface area contributed by atoms with Crippen molar-refractivity contribution >= 4 is 29.7 Å². The van der Waals surface area contributed by atoms with Gasteiger partial charge in [0.15, 0.2) is 0 Å². The SMILES string of the molecule is Cc1cc([N+](=O)[O-])ccc1NC(=O)CN1CCC(C)(CN)C1.Cl. The highest BCUT2D eigenvalue weighted by molar-refractivity contribution is 5.93. The summed E-state index contributed by atoms with van der Waals surface area (Å²) in [5, 5.41) is 13.5. The van der Waals surface area contributed by atoms with E-state index in [1.165, 1.54) is 12.1 Å². The first-order chi connectivity index (χ1) is 10.3. The third-order valence-corrected chi connectivity index (χ3v) is 4.19. The van der Waals surface area contributed by atoms with Crippen molar-refractivity contribution in [2.75, 3.05) is 31.5 Å². The standard InChI is InChI=1S/C15H22N4O3.ClH/c1-11-7-12(19(21)22)3-4-13(11)17-14(20)8-18-6-5-15(2,9-16)10-18;/h3-4,7H,5-6,8-10,16H2,1-2H3,(H,17,20);1H. The number of nitrogens with one attached hydrogen (secondary N) is 1. The maximum absolute atomic E-state index is 12.1. The van der Waals surface area contributed by atoms with Gasteiger partial charge >= 0.3 is 0 Å². The summed E-state index contributed by atoms with van der Waals surface area (Å²) in [5.74, 6) is -0.113. The van der Waals surface area contributed by atoms with Gasteiger partial charge in [0, 0.05) is 24.4 Å². The zero-order valence-electron chi connectivity index (χ0n) is 13.4. The number of nitro groups is 1. The Morgan fingerprint density at radius 2 is 2.22 bits per heavy atom. The molecule has 0 bridgehead atoms. The zero-order chi connectivity index (χ0) is 16.3. The van der Waals surface area contributed by atoms with Crippen LogP contribution >= 0.6 is 12.4 Å². The lowest BCUT2D eigenvalue weighted by Gasteiger charge is -2.22. The van der Waals surface area contributed by atoms with Crippen LogP contribution in [0.2, 0.25) is 0 Å². The van der Waals surface area contributed by atoms with Crippen LogP contribution in [0.1, 0.15) is 18.9 Å². The van der Waals surface area contributed by atoms with E-state index in [0.29, 0.717) is 24.3 Å². The molecule has 3 N–H and O–H groups in total. The fourth-order valence-corrected chi connectivity index (χ4v) is 2.72. The largest absolute Gasteiger partial charge is 0.330 e. The zero-order valence-corrected chi connectivity index (χ0v) is 14.2. The monoisotopic (exact) mass is 342 g/mol. The molecule has 0 aliphatic carbocycles. The van der Waals surface area contributed by atoms with E-state index in [1.807, 2.05) is 0 Å². The molecule has 2 rings (SSSR count). The maximum Gasteiger partial charge on any atom is 0.269 e. The minimum atomic E-state index is -0.448. The Kier molecular flexibility index (Phi) is 6.49. The fourth-order valence-electron chi connectivity index (χ4n) is 2.72. The Hall–Kier alpha value is -1.70. The Bertz CT molecular complexity index is 596. The molecule has 1 aliphatic heterocycles. The molecule has 0 saturated carbocycles. The molecule has 1 atom stereocenters. The van der Waals surface area contributed by atoms with Gasteiger partial charge in [-0.05, 0) is 43.5 Å². The smallest absolute Gasteiger partial charge is 0.269 e. The van der Waals surface area contributed by atoms with Gasteiger partial charge in [-0.25, -0.2) is 0 Å². The molecular weight excluding hydrogens is 320 g/mol. The number of amides is 1. The minimum Gasteiger partial charge on any atom is -0.330 e. The van der Waals surface area contributed by atoms with Crippen molar-refractivity contribution in [3.63, 3.8) is 0 Å². The average molecular weight is 343 g/mol. The number of likely N-dealkylation sites (tertiary alicyclic amines) is 1. The van der Waals surface area contributed by atoms with Gasteiger partial charge in [-0.15, -0.1) is 12.4 Å². The lowest BCUT2D eigenvalue weighted by molar-refractivity contribution is -0.384. The third-order valence-electron chi connectivity index (χ3n) is 4.19. The van der Waals surface area contributed by atoms with Crippen LogP contribution in [0.15, 0.2) is 18.2 Å². The molecule has 1 aromatic carbocycles. The normalized spacial score (nSPS) is 20.8. The maximum atomic E-state index is 12.1. The molecule has 1 aromatic rings. The highest BCUT2D eigenvalue weighted by Crippen LogP contribution is 2.28. The quantitative estimate of drug-likeness (QED) is 0.629. The summed E-state index contributed by atoms with van der Waals surface area (Å²) in [5.41, 5.74) is 7.15. The van der Waals surface area contributed by atoms with Crippen molar-refractivity contribution in [3.8, 4) is 0 Å². The number of rotatable bonds is 5. The van der Waals surface area contributed by atoms with E-state index in [0.717, 1.165) is 19.5 Å². The third kappa shape index (κ3) is 4.89. The number of carbonyl (C=O) groups excluding carboxylic acids is 1. The molecule has 0 aromatic heterocycles. The minimum absolute atomic E-state index is 0. The summed E-state index contributed by atoms with van der Waals surface area (Å²) in [4.78, 5) is 24.5. The van der Waals surface area contributed by atoms with E-state index < -0.39 is 4.92 Å². The number of nitrogens with zero attached hydrogens (tertiary/aromatic N) is 2. The highest BCUT2D eigenvalue weighted by atomic mass is 35.5. The van der Waals surface area contributed by atoms with E-state index in [9.17, 15) is 14.9 Å². The van der Waals surface area contributed by atoms with Gasteiger partial charge in [-0.2, -0.15) is 0 Å². The van der Waals surface area contributed by atoms with Gasteiger partial charge in [-0.3, -0.25) is 19.8 Å². The second-order valence-corrected chi connectivity index (χ2v) is 6.28. The van der Waals surface area contributed by atoms with Crippen molar-refractivity contribution in [1.29, 1.82) is 0 Å². The number of nitrogens with two attached hydrogens (primary N) is 1. The number of nitro benzene ring substituents is 1.